The highest BCUT2D eigenvalue weighted by atomic mass is 16.3. The Hall–Kier alpha value is -1.87. The summed E-state index contributed by atoms with van der Waals surface area (Å²) in [5.41, 5.74) is 1.68. The number of pyridine rings is 1. The Morgan fingerprint density at radius 3 is 2.28 bits per heavy atom. The van der Waals surface area contributed by atoms with Crippen LogP contribution in [0.4, 0.5) is 5.82 Å². The zero-order chi connectivity index (χ0) is 13.0. The van der Waals surface area contributed by atoms with Gasteiger partial charge < -0.3 is 10.4 Å². The second kappa shape index (κ2) is 5.65. The van der Waals surface area contributed by atoms with Gasteiger partial charge in [-0.1, -0.05) is 36.4 Å². The lowest BCUT2D eigenvalue weighted by atomic mass is 10.0. The minimum absolute atomic E-state index is 0.349. The first-order chi connectivity index (χ1) is 8.66. The van der Waals surface area contributed by atoms with E-state index in [4.69, 9.17) is 0 Å². The first-order valence-corrected chi connectivity index (χ1v) is 6.12. The van der Waals surface area contributed by atoms with Crippen LogP contribution in [0, 0.1) is 0 Å². The summed E-state index contributed by atoms with van der Waals surface area (Å²) < 4.78 is 0. The predicted molar refractivity (Wildman–Crippen MR) is 73.5 cm³/mol. The normalized spacial score (nSPS) is 12.4. The van der Waals surface area contributed by atoms with Gasteiger partial charge in [0.15, 0.2) is 0 Å². The second-order valence-electron chi connectivity index (χ2n) is 4.59. The van der Waals surface area contributed by atoms with Crippen molar-refractivity contribution in [1.29, 1.82) is 0 Å². The van der Waals surface area contributed by atoms with E-state index >= 15 is 0 Å². The summed E-state index contributed by atoms with van der Waals surface area (Å²) in [5.74, 6) is 0.828. The van der Waals surface area contributed by atoms with Crippen molar-refractivity contribution in [3.05, 3.63) is 59.8 Å². The molecule has 2 aromatic rings. The number of anilines is 1. The summed E-state index contributed by atoms with van der Waals surface area (Å²) in [4.78, 5) is 4.29. The van der Waals surface area contributed by atoms with E-state index < -0.39 is 6.10 Å². The summed E-state index contributed by atoms with van der Waals surface area (Å²) in [6.07, 6.45) is 1.09. The molecule has 94 valence electrons. The zero-order valence-corrected chi connectivity index (χ0v) is 10.7. The average molecular weight is 242 g/mol. The van der Waals surface area contributed by atoms with Crippen molar-refractivity contribution in [1.82, 2.24) is 4.98 Å². The van der Waals surface area contributed by atoms with Crippen LogP contribution in [0.5, 0.6) is 0 Å². The number of nitrogens with one attached hydrogen (secondary N) is 1. The molecule has 1 aromatic carbocycles. The Kier molecular flexibility index (Phi) is 3.95. The third kappa shape index (κ3) is 3.08. The average Bonchev–Trinajstić information content (AvgIpc) is 2.39. The molecule has 0 aliphatic carbocycles. The van der Waals surface area contributed by atoms with Gasteiger partial charge in [0.25, 0.3) is 0 Å². The largest absolute Gasteiger partial charge is 0.384 e. The molecule has 0 amide bonds. The van der Waals surface area contributed by atoms with E-state index in [0.29, 0.717) is 6.04 Å². The van der Waals surface area contributed by atoms with Crippen molar-refractivity contribution in [3.8, 4) is 0 Å². The second-order valence-corrected chi connectivity index (χ2v) is 4.59. The number of hydrogen-bond acceptors (Lipinski definition) is 3. The van der Waals surface area contributed by atoms with Crippen molar-refractivity contribution in [2.45, 2.75) is 26.0 Å². The molecule has 0 radical (unpaired) electrons. The van der Waals surface area contributed by atoms with Crippen molar-refractivity contribution in [2.75, 3.05) is 5.32 Å². The standard InChI is InChI=1S/C15H18N2O/c1-11(2)17-14-9-8-13(10-16-14)15(18)12-6-4-3-5-7-12/h3-11,15,18H,1-2H3,(H,16,17)/t15-/m1/s1. The number of aromatic nitrogens is 1. The van der Waals surface area contributed by atoms with Gasteiger partial charge in [-0.15, -0.1) is 0 Å². The fourth-order valence-electron chi connectivity index (χ4n) is 1.78. The van der Waals surface area contributed by atoms with E-state index in [9.17, 15) is 5.11 Å². The van der Waals surface area contributed by atoms with Gasteiger partial charge in [0.1, 0.15) is 11.9 Å². The van der Waals surface area contributed by atoms with Gasteiger partial charge >= 0.3 is 0 Å². The van der Waals surface area contributed by atoms with Crippen LogP contribution in [0.2, 0.25) is 0 Å². The molecule has 0 saturated heterocycles. The number of aliphatic hydroxyl groups is 1. The maximum atomic E-state index is 10.2. The van der Waals surface area contributed by atoms with Gasteiger partial charge in [-0.2, -0.15) is 0 Å². The topological polar surface area (TPSA) is 45.1 Å². The highest BCUT2D eigenvalue weighted by Gasteiger charge is 2.10. The highest BCUT2D eigenvalue weighted by molar-refractivity contribution is 5.38. The molecule has 2 rings (SSSR count). The Labute approximate surface area is 108 Å². The van der Waals surface area contributed by atoms with Gasteiger partial charge in [0, 0.05) is 17.8 Å². The maximum absolute atomic E-state index is 10.2. The monoisotopic (exact) mass is 242 g/mol. The van der Waals surface area contributed by atoms with Gasteiger partial charge in [-0.3, -0.25) is 0 Å². The molecule has 0 bridgehead atoms. The molecule has 1 atom stereocenters. The van der Waals surface area contributed by atoms with Crippen LogP contribution in [0.15, 0.2) is 48.7 Å². The Morgan fingerprint density at radius 1 is 1.00 bits per heavy atom. The third-order valence-corrected chi connectivity index (χ3v) is 2.65. The first-order valence-electron chi connectivity index (χ1n) is 6.12. The Balaban J connectivity index is 2.14. The third-order valence-electron chi connectivity index (χ3n) is 2.65. The van der Waals surface area contributed by atoms with Gasteiger partial charge in [-0.05, 0) is 25.5 Å². The Morgan fingerprint density at radius 2 is 1.72 bits per heavy atom. The van der Waals surface area contributed by atoms with Gasteiger partial charge in [-0.25, -0.2) is 4.98 Å². The van der Waals surface area contributed by atoms with Crippen LogP contribution < -0.4 is 5.32 Å². The summed E-state index contributed by atoms with van der Waals surface area (Å²) >= 11 is 0. The Bertz CT molecular complexity index is 480. The van der Waals surface area contributed by atoms with Crippen LogP contribution in [0.3, 0.4) is 0 Å². The number of nitrogens with zero attached hydrogens (tertiary/aromatic N) is 1. The van der Waals surface area contributed by atoms with E-state index in [-0.39, 0.29) is 0 Å². The summed E-state index contributed by atoms with van der Waals surface area (Å²) in [7, 11) is 0. The van der Waals surface area contributed by atoms with Crippen molar-refractivity contribution < 1.29 is 5.11 Å². The number of rotatable bonds is 4. The minimum Gasteiger partial charge on any atom is -0.384 e. The molecule has 0 aliphatic rings. The van der Waals surface area contributed by atoms with Crippen LogP contribution >= 0.6 is 0 Å². The molecule has 0 saturated carbocycles. The van der Waals surface area contributed by atoms with Crippen LogP contribution in [0.1, 0.15) is 31.1 Å². The number of benzene rings is 1. The summed E-state index contributed by atoms with van der Waals surface area (Å²) in [5, 5.41) is 13.4. The highest BCUT2D eigenvalue weighted by Crippen LogP contribution is 2.21. The number of hydrogen-bond donors (Lipinski definition) is 2. The van der Waals surface area contributed by atoms with Crippen molar-refractivity contribution in [2.24, 2.45) is 0 Å². The first kappa shape index (κ1) is 12.6. The molecule has 2 N–H and O–H groups in total. The fourth-order valence-corrected chi connectivity index (χ4v) is 1.78. The van der Waals surface area contributed by atoms with E-state index in [1.54, 1.807) is 6.20 Å². The van der Waals surface area contributed by atoms with E-state index in [1.807, 2.05) is 42.5 Å². The smallest absolute Gasteiger partial charge is 0.126 e. The van der Waals surface area contributed by atoms with E-state index in [1.165, 1.54) is 0 Å². The van der Waals surface area contributed by atoms with Crippen molar-refractivity contribution in [3.63, 3.8) is 0 Å². The minimum atomic E-state index is -0.619. The molecule has 3 heteroatoms. The van der Waals surface area contributed by atoms with Crippen LogP contribution in [0.25, 0.3) is 0 Å². The molecule has 0 fully saturated rings. The maximum Gasteiger partial charge on any atom is 0.126 e. The van der Waals surface area contributed by atoms with Gasteiger partial charge in [0.05, 0.1) is 0 Å². The SMILES string of the molecule is CC(C)Nc1ccc([C@H](O)c2ccccc2)cn1. The lowest BCUT2D eigenvalue weighted by Crippen LogP contribution is -2.11. The zero-order valence-electron chi connectivity index (χ0n) is 10.7. The predicted octanol–water partition coefficient (Wildman–Crippen LogP) is 2.98. The van der Waals surface area contributed by atoms with E-state index in [0.717, 1.165) is 16.9 Å². The molecule has 0 aliphatic heterocycles. The summed E-state index contributed by atoms with van der Waals surface area (Å²) in [6.45, 7) is 4.13. The molecule has 1 aromatic heterocycles. The summed E-state index contributed by atoms with van der Waals surface area (Å²) in [6, 6.07) is 13.7. The van der Waals surface area contributed by atoms with E-state index in [2.05, 4.69) is 24.1 Å². The van der Waals surface area contributed by atoms with Crippen LogP contribution in [-0.4, -0.2) is 16.1 Å². The molecule has 1 heterocycles. The molecular formula is C15H18N2O. The lowest BCUT2D eigenvalue weighted by molar-refractivity contribution is 0.220. The fraction of sp³-hybridized carbons (Fsp3) is 0.267. The number of aliphatic hydroxyl groups excluding tert-OH is 1. The quantitative estimate of drug-likeness (QED) is 0.866. The molecule has 18 heavy (non-hydrogen) atoms. The molecule has 0 spiro atoms. The molecule has 0 unspecified atom stereocenters. The van der Waals surface area contributed by atoms with Crippen LogP contribution in [-0.2, 0) is 0 Å². The van der Waals surface area contributed by atoms with Gasteiger partial charge in [0.2, 0.25) is 0 Å². The lowest BCUT2D eigenvalue weighted by Gasteiger charge is -2.13. The molecule has 3 nitrogen and oxygen atoms in total. The van der Waals surface area contributed by atoms with Crippen molar-refractivity contribution >= 4 is 5.82 Å². The molecular weight excluding hydrogens is 224 g/mol.